The number of benzene rings is 9. The molecule has 11 aromatic rings. The zero-order valence-corrected chi connectivity index (χ0v) is 31.9. The molecule has 0 aliphatic rings. The molecule has 268 valence electrons. The molecule has 0 unspecified atom stereocenters. The molecule has 0 atom stereocenters. The number of rotatable bonds is 7. The summed E-state index contributed by atoms with van der Waals surface area (Å²) in [5, 5.41) is 5.07. The standard InChI is InChI=1S/C54H36N2S/c1-3-15-39(16-4-1)46-20-9-11-24-50(46)55(44-32-28-38(29-33-44)42-27-26-37-14-7-8-17-41(37)36-42)45-34-30-40(31-35-45)47-22-13-23-49-52-54(57-53(47)49)48-21-10-12-25-51(48)56(52)43-18-5-2-6-19-43/h1-36H. The SMILES string of the molecule is c1ccc(-c2ccccc2N(c2ccc(-c3ccc4ccccc4c3)cc2)c2ccc(-c3cccc4c3sc3c5ccccc5n(-c5ccccc5)c43)cc2)cc1. The first-order chi connectivity index (χ1) is 28.3. The summed E-state index contributed by atoms with van der Waals surface area (Å²) in [6.07, 6.45) is 0. The zero-order chi connectivity index (χ0) is 37.7. The predicted octanol–water partition coefficient (Wildman–Crippen LogP) is 15.6. The first-order valence-corrected chi connectivity index (χ1v) is 20.2. The van der Waals surface area contributed by atoms with Crippen LogP contribution in [0.3, 0.4) is 0 Å². The fraction of sp³-hybridized carbons (Fsp3) is 0. The average Bonchev–Trinajstić information content (AvgIpc) is 3.83. The molecule has 2 aromatic heterocycles. The van der Waals surface area contributed by atoms with Crippen LogP contribution in [0.1, 0.15) is 0 Å². The Morgan fingerprint density at radius 2 is 0.947 bits per heavy atom. The lowest BCUT2D eigenvalue weighted by Gasteiger charge is -2.28. The number of aromatic nitrogens is 1. The third-order valence-corrected chi connectivity index (χ3v) is 12.5. The third-order valence-electron chi connectivity index (χ3n) is 11.2. The van der Waals surface area contributed by atoms with Gasteiger partial charge < -0.3 is 9.47 Å². The van der Waals surface area contributed by atoms with E-state index in [9.17, 15) is 0 Å². The topological polar surface area (TPSA) is 8.17 Å². The highest BCUT2D eigenvalue weighted by Crippen LogP contribution is 2.47. The minimum Gasteiger partial charge on any atom is -0.310 e. The molecule has 2 heterocycles. The van der Waals surface area contributed by atoms with Gasteiger partial charge in [-0.15, -0.1) is 11.3 Å². The maximum absolute atomic E-state index is 2.43. The first-order valence-electron chi connectivity index (χ1n) is 19.4. The highest BCUT2D eigenvalue weighted by Gasteiger charge is 2.21. The van der Waals surface area contributed by atoms with E-state index in [0.29, 0.717) is 0 Å². The molecule has 0 aliphatic carbocycles. The molecular formula is C54H36N2S. The Morgan fingerprint density at radius 3 is 1.74 bits per heavy atom. The Morgan fingerprint density at radius 1 is 0.368 bits per heavy atom. The van der Waals surface area contributed by atoms with E-state index in [-0.39, 0.29) is 0 Å². The van der Waals surface area contributed by atoms with E-state index in [4.69, 9.17) is 0 Å². The average molecular weight is 745 g/mol. The third kappa shape index (κ3) is 5.71. The van der Waals surface area contributed by atoms with Crippen LogP contribution >= 0.6 is 11.3 Å². The smallest absolute Gasteiger partial charge is 0.0727 e. The molecule has 0 N–H and O–H groups in total. The Labute approximate surface area is 335 Å². The van der Waals surface area contributed by atoms with Gasteiger partial charge in [-0.05, 0) is 93.2 Å². The molecule has 3 heteroatoms. The summed E-state index contributed by atoms with van der Waals surface area (Å²) in [7, 11) is 0. The highest BCUT2D eigenvalue weighted by molar-refractivity contribution is 7.27. The van der Waals surface area contributed by atoms with Crippen molar-refractivity contribution >= 4 is 70.4 Å². The molecule has 0 aliphatic heterocycles. The van der Waals surface area contributed by atoms with Gasteiger partial charge in [0.15, 0.2) is 0 Å². The van der Waals surface area contributed by atoms with Gasteiger partial charge in [-0.25, -0.2) is 0 Å². The summed E-state index contributed by atoms with van der Waals surface area (Å²) in [4.78, 5) is 2.39. The zero-order valence-electron chi connectivity index (χ0n) is 31.1. The number of hydrogen-bond donors (Lipinski definition) is 0. The van der Waals surface area contributed by atoms with E-state index in [1.807, 2.05) is 11.3 Å². The second-order valence-corrected chi connectivity index (χ2v) is 15.5. The monoisotopic (exact) mass is 744 g/mol. The van der Waals surface area contributed by atoms with Crippen LogP contribution in [0.2, 0.25) is 0 Å². The van der Waals surface area contributed by atoms with E-state index in [0.717, 1.165) is 17.1 Å². The molecule has 0 fully saturated rings. The quantitative estimate of drug-likeness (QED) is 0.158. The highest BCUT2D eigenvalue weighted by atomic mass is 32.1. The van der Waals surface area contributed by atoms with E-state index in [1.54, 1.807) is 0 Å². The van der Waals surface area contributed by atoms with Crippen molar-refractivity contribution in [1.82, 2.24) is 4.57 Å². The van der Waals surface area contributed by atoms with Crippen molar-refractivity contribution in [1.29, 1.82) is 0 Å². The molecule has 0 saturated carbocycles. The van der Waals surface area contributed by atoms with E-state index in [1.165, 1.54) is 81.0 Å². The number of nitrogens with zero attached hydrogens (tertiary/aromatic N) is 2. The summed E-state index contributed by atoms with van der Waals surface area (Å²) in [6, 6.07) is 79.1. The predicted molar refractivity (Wildman–Crippen MR) is 245 cm³/mol. The normalized spacial score (nSPS) is 11.5. The van der Waals surface area contributed by atoms with Gasteiger partial charge in [0.2, 0.25) is 0 Å². The number of para-hydroxylation sites is 3. The van der Waals surface area contributed by atoms with Gasteiger partial charge in [0.25, 0.3) is 0 Å². The first kappa shape index (κ1) is 33.2. The molecular weight excluding hydrogens is 709 g/mol. The Kier molecular flexibility index (Phi) is 8.04. The molecule has 0 saturated heterocycles. The van der Waals surface area contributed by atoms with Crippen molar-refractivity contribution in [2.75, 3.05) is 4.90 Å². The van der Waals surface area contributed by atoms with Crippen LogP contribution in [-0.4, -0.2) is 4.57 Å². The van der Waals surface area contributed by atoms with Crippen molar-refractivity contribution in [2.24, 2.45) is 0 Å². The van der Waals surface area contributed by atoms with Crippen LogP contribution in [-0.2, 0) is 0 Å². The van der Waals surface area contributed by atoms with Gasteiger partial charge in [0.05, 0.1) is 21.4 Å². The Balaban J connectivity index is 1.03. The number of hydrogen-bond acceptors (Lipinski definition) is 2. The summed E-state index contributed by atoms with van der Waals surface area (Å²) >= 11 is 1.90. The lowest BCUT2D eigenvalue weighted by molar-refractivity contribution is 1.19. The van der Waals surface area contributed by atoms with Gasteiger partial charge in [-0.1, -0.05) is 164 Å². The molecule has 0 spiro atoms. The Hall–Kier alpha value is -7.20. The van der Waals surface area contributed by atoms with E-state index in [2.05, 4.69) is 228 Å². The van der Waals surface area contributed by atoms with Gasteiger partial charge >= 0.3 is 0 Å². The fourth-order valence-electron chi connectivity index (χ4n) is 8.48. The van der Waals surface area contributed by atoms with Crippen LogP contribution in [0, 0.1) is 0 Å². The molecule has 2 nitrogen and oxygen atoms in total. The largest absolute Gasteiger partial charge is 0.310 e. The van der Waals surface area contributed by atoms with Crippen LogP contribution < -0.4 is 4.90 Å². The number of fused-ring (bicyclic) bond motifs is 6. The Bertz CT molecular complexity index is 3210. The molecule has 11 rings (SSSR count). The summed E-state index contributed by atoms with van der Waals surface area (Å²) in [5.41, 5.74) is 14.3. The van der Waals surface area contributed by atoms with Crippen molar-refractivity contribution in [2.45, 2.75) is 0 Å². The van der Waals surface area contributed by atoms with Gasteiger partial charge in [-0.2, -0.15) is 0 Å². The van der Waals surface area contributed by atoms with Crippen molar-refractivity contribution in [3.8, 4) is 39.1 Å². The van der Waals surface area contributed by atoms with Gasteiger partial charge in [-0.3, -0.25) is 0 Å². The van der Waals surface area contributed by atoms with Gasteiger partial charge in [0.1, 0.15) is 0 Å². The second-order valence-electron chi connectivity index (χ2n) is 14.5. The van der Waals surface area contributed by atoms with Crippen LogP contribution in [0.5, 0.6) is 0 Å². The maximum Gasteiger partial charge on any atom is 0.0727 e. The van der Waals surface area contributed by atoms with Crippen LogP contribution in [0.15, 0.2) is 218 Å². The maximum atomic E-state index is 2.43. The van der Waals surface area contributed by atoms with Crippen molar-refractivity contribution < 1.29 is 0 Å². The van der Waals surface area contributed by atoms with Crippen molar-refractivity contribution in [3.05, 3.63) is 218 Å². The molecule has 9 aromatic carbocycles. The molecule has 0 amide bonds. The minimum atomic E-state index is 1.10. The lowest BCUT2D eigenvalue weighted by atomic mass is 9.99. The lowest BCUT2D eigenvalue weighted by Crippen LogP contribution is -2.11. The second kappa shape index (κ2) is 13.8. The minimum absolute atomic E-state index is 1.10. The number of thiophene rings is 1. The van der Waals surface area contributed by atoms with Crippen LogP contribution in [0.4, 0.5) is 17.1 Å². The van der Waals surface area contributed by atoms with E-state index >= 15 is 0 Å². The van der Waals surface area contributed by atoms with Crippen molar-refractivity contribution in [3.63, 3.8) is 0 Å². The summed E-state index contributed by atoms with van der Waals surface area (Å²) in [5.74, 6) is 0. The fourth-order valence-corrected chi connectivity index (χ4v) is 9.84. The van der Waals surface area contributed by atoms with Gasteiger partial charge in [0, 0.05) is 38.1 Å². The van der Waals surface area contributed by atoms with Crippen LogP contribution in [0.25, 0.3) is 81.0 Å². The number of anilines is 3. The summed E-state index contributed by atoms with van der Waals surface area (Å²) in [6.45, 7) is 0. The summed E-state index contributed by atoms with van der Waals surface area (Å²) < 4.78 is 5.06. The molecule has 0 bridgehead atoms. The van der Waals surface area contributed by atoms with E-state index < -0.39 is 0 Å². The molecule has 0 radical (unpaired) electrons. The molecule has 57 heavy (non-hydrogen) atoms.